The molecule has 0 radical (unpaired) electrons. The molecule has 2 rings (SSSR count). The average Bonchev–Trinajstić information content (AvgIpc) is 2.60. The average molecular weight is 376 g/mol. The summed E-state index contributed by atoms with van der Waals surface area (Å²) in [5, 5.41) is 2.69. The monoisotopic (exact) mass is 376 g/mol. The van der Waals surface area contributed by atoms with Gasteiger partial charge in [0.25, 0.3) is 5.91 Å². The lowest BCUT2D eigenvalue weighted by molar-refractivity contribution is -0.118. The van der Waals surface area contributed by atoms with Gasteiger partial charge in [-0.1, -0.05) is 26.0 Å². The number of carbonyl (C=O) groups is 1. The molecule has 1 N–H and O–H groups in total. The molecule has 140 valence electrons. The molecule has 0 aliphatic carbocycles. The maximum Gasteiger partial charge on any atom is 0.262 e. The van der Waals surface area contributed by atoms with Crippen molar-refractivity contribution in [1.29, 1.82) is 0 Å². The summed E-state index contributed by atoms with van der Waals surface area (Å²) in [6, 6.07) is 13.6. The van der Waals surface area contributed by atoms with Crippen LogP contribution >= 0.6 is 0 Å². The van der Waals surface area contributed by atoms with E-state index in [9.17, 15) is 13.2 Å². The van der Waals surface area contributed by atoms with Crippen LogP contribution in [-0.2, 0) is 14.8 Å². The Bertz CT molecular complexity index is 859. The zero-order valence-corrected chi connectivity index (χ0v) is 16.2. The van der Waals surface area contributed by atoms with E-state index in [2.05, 4.69) is 19.2 Å². The molecular formula is C19H24N2O4S. The molecule has 0 spiro atoms. The summed E-state index contributed by atoms with van der Waals surface area (Å²) < 4.78 is 30.7. The molecule has 26 heavy (non-hydrogen) atoms. The third-order valence-electron chi connectivity index (χ3n) is 3.81. The number of hydrogen-bond donors (Lipinski definition) is 1. The molecule has 0 atom stereocenters. The Morgan fingerprint density at radius 1 is 1.12 bits per heavy atom. The molecule has 0 fully saturated rings. The first-order chi connectivity index (χ1) is 12.2. The van der Waals surface area contributed by atoms with Crippen LogP contribution in [0.2, 0.25) is 0 Å². The smallest absolute Gasteiger partial charge is 0.262 e. The van der Waals surface area contributed by atoms with Gasteiger partial charge in [-0.25, -0.2) is 12.7 Å². The molecule has 6 nitrogen and oxygen atoms in total. The van der Waals surface area contributed by atoms with Crippen LogP contribution in [-0.4, -0.2) is 39.3 Å². The van der Waals surface area contributed by atoms with Crippen molar-refractivity contribution < 1.29 is 17.9 Å². The fraction of sp³-hybridized carbons (Fsp3) is 0.316. The molecule has 7 heteroatoms. The highest BCUT2D eigenvalue weighted by atomic mass is 32.2. The van der Waals surface area contributed by atoms with Gasteiger partial charge in [0, 0.05) is 19.8 Å². The third kappa shape index (κ3) is 5.06. The summed E-state index contributed by atoms with van der Waals surface area (Å²) in [4.78, 5) is 12.2. The number of rotatable bonds is 7. The first kappa shape index (κ1) is 19.9. The summed E-state index contributed by atoms with van der Waals surface area (Å²) >= 11 is 0. The lowest BCUT2D eigenvalue weighted by atomic mass is 10.0. The highest BCUT2D eigenvalue weighted by Crippen LogP contribution is 2.20. The summed E-state index contributed by atoms with van der Waals surface area (Å²) in [6.45, 7) is 4.05. The number of nitrogens with zero attached hydrogens (tertiary/aromatic N) is 1. The van der Waals surface area contributed by atoms with Crippen molar-refractivity contribution in [2.24, 2.45) is 0 Å². The Balaban J connectivity index is 1.95. The Kier molecular flexibility index (Phi) is 6.39. The Labute approximate surface area is 154 Å². The van der Waals surface area contributed by atoms with E-state index in [0.29, 0.717) is 17.4 Å². The van der Waals surface area contributed by atoms with Crippen molar-refractivity contribution >= 4 is 21.6 Å². The van der Waals surface area contributed by atoms with Gasteiger partial charge in [0.05, 0.1) is 4.90 Å². The first-order valence-corrected chi connectivity index (χ1v) is 9.69. The molecule has 0 aromatic heterocycles. The van der Waals surface area contributed by atoms with Gasteiger partial charge in [0.1, 0.15) is 5.75 Å². The molecule has 0 aliphatic rings. The maximum atomic E-state index is 12.0. The standard InChI is InChI=1S/C19H24N2O4S/c1-14(2)15-6-5-7-17(12-15)25-13-19(22)20-16-8-10-18(11-9-16)26(23,24)21(3)4/h5-12,14H,13H2,1-4H3,(H,20,22). The second kappa shape index (κ2) is 8.33. The fourth-order valence-electron chi connectivity index (χ4n) is 2.23. The number of hydrogen-bond acceptors (Lipinski definition) is 4. The Morgan fingerprint density at radius 3 is 2.35 bits per heavy atom. The molecule has 0 bridgehead atoms. The van der Waals surface area contributed by atoms with Gasteiger partial charge in [-0.15, -0.1) is 0 Å². The van der Waals surface area contributed by atoms with Gasteiger partial charge in [0.15, 0.2) is 6.61 Å². The molecule has 0 saturated carbocycles. The lowest BCUT2D eigenvalue weighted by Crippen LogP contribution is -2.22. The van der Waals surface area contributed by atoms with Crippen LogP contribution in [0.4, 0.5) is 5.69 Å². The van der Waals surface area contributed by atoms with Crippen LogP contribution in [0, 0.1) is 0 Å². The number of sulfonamides is 1. The lowest BCUT2D eigenvalue weighted by Gasteiger charge is -2.12. The van der Waals surface area contributed by atoms with Crippen molar-refractivity contribution in [3.05, 3.63) is 54.1 Å². The molecule has 2 aromatic rings. The highest BCUT2D eigenvalue weighted by Gasteiger charge is 2.16. The van der Waals surface area contributed by atoms with E-state index in [0.717, 1.165) is 9.87 Å². The largest absolute Gasteiger partial charge is 0.484 e. The quantitative estimate of drug-likeness (QED) is 0.806. The van der Waals surface area contributed by atoms with Crippen molar-refractivity contribution in [2.45, 2.75) is 24.7 Å². The predicted octanol–water partition coefficient (Wildman–Crippen LogP) is 3.08. The van der Waals surface area contributed by atoms with Gasteiger partial charge in [-0.05, 0) is 47.9 Å². The predicted molar refractivity (Wildman–Crippen MR) is 102 cm³/mol. The minimum atomic E-state index is -3.48. The normalized spacial score (nSPS) is 11.6. The van der Waals surface area contributed by atoms with Gasteiger partial charge >= 0.3 is 0 Å². The number of amides is 1. The van der Waals surface area contributed by atoms with Crippen LogP contribution in [0.3, 0.4) is 0 Å². The molecule has 0 saturated heterocycles. The molecular weight excluding hydrogens is 352 g/mol. The maximum absolute atomic E-state index is 12.0. The zero-order chi connectivity index (χ0) is 19.3. The number of ether oxygens (including phenoxy) is 1. The van der Waals surface area contributed by atoms with Crippen LogP contribution in [0.25, 0.3) is 0 Å². The second-order valence-electron chi connectivity index (χ2n) is 6.38. The molecule has 0 aliphatic heterocycles. The second-order valence-corrected chi connectivity index (χ2v) is 8.53. The van der Waals surface area contributed by atoms with E-state index in [-0.39, 0.29) is 17.4 Å². The summed E-state index contributed by atoms with van der Waals surface area (Å²) in [5.41, 5.74) is 1.65. The van der Waals surface area contributed by atoms with Gasteiger partial charge in [-0.2, -0.15) is 0 Å². The minimum Gasteiger partial charge on any atom is -0.484 e. The van der Waals surface area contributed by atoms with Crippen LogP contribution in [0.5, 0.6) is 5.75 Å². The van der Waals surface area contributed by atoms with Crippen molar-refractivity contribution in [3.63, 3.8) is 0 Å². The highest BCUT2D eigenvalue weighted by molar-refractivity contribution is 7.89. The van der Waals surface area contributed by atoms with E-state index >= 15 is 0 Å². The first-order valence-electron chi connectivity index (χ1n) is 8.25. The van der Waals surface area contributed by atoms with Crippen LogP contribution in [0.15, 0.2) is 53.4 Å². The van der Waals surface area contributed by atoms with Crippen LogP contribution < -0.4 is 10.1 Å². The molecule has 0 heterocycles. The van der Waals surface area contributed by atoms with Crippen molar-refractivity contribution in [1.82, 2.24) is 4.31 Å². The van der Waals surface area contributed by atoms with E-state index in [4.69, 9.17) is 4.74 Å². The SMILES string of the molecule is CC(C)c1cccc(OCC(=O)Nc2ccc(S(=O)(=O)N(C)C)cc2)c1. The topological polar surface area (TPSA) is 75.7 Å². The Hall–Kier alpha value is -2.38. The molecule has 2 aromatic carbocycles. The minimum absolute atomic E-state index is 0.126. The van der Waals surface area contributed by atoms with Crippen molar-refractivity contribution in [2.75, 3.05) is 26.0 Å². The van der Waals surface area contributed by atoms with E-state index in [1.807, 2.05) is 18.2 Å². The third-order valence-corrected chi connectivity index (χ3v) is 5.64. The van der Waals surface area contributed by atoms with E-state index < -0.39 is 10.0 Å². The number of nitrogens with one attached hydrogen (secondary N) is 1. The van der Waals surface area contributed by atoms with Crippen molar-refractivity contribution in [3.8, 4) is 5.75 Å². The summed E-state index contributed by atoms with van der Waals surface area (Å²) in [5.74, 6) is 0.700. The van der Waals surface area contributed by atoms with E-state index in [1.165, 1.54) is 26.2 Å². The number of benzene rings is 2. The molecule has 0 unspecified atom stereocenters. The summed E-state index contributed by atoms with van der Waals surface area (Å²) in [7, 11) is -0.546. The number of carbonyl (C=O) groups excluding carboxylic acids is 1. The van der Waals surface area contributed by atoms with Gasteiger partial charge in [-0.3, -0.25) is 4.79 Å². The van der Waals surface area contributed by atoms with Gasteiger partial charge in [0.2, 0.25) is 10.0 Å². The summed E-state index contributed by atoms with van der Waals surface area (Å²) in [6.07, 6.45) is 0. The number of anilines is 1. The fourth-order valence-corrected chi connectivity index (χ4v) is 3.13. The van der Waals surface area contributed by atoms with Crippen LogP contribution in [0.1, 0.15) is 25.3 Å². The van der Waals surface area contributed by atoms with Gasteiger partial charge < -0.3 is 10.1 Å². The molecule has 1 amide bonds. The Morgan fingerprint density at radius 2 is 1.77 bits per heavy atom. The zero-order valence-electron chi connectivity index (χ0n) is 15.4. The van der Waals surface area contributed by atoms with E-state index in [1.54, 1.807) is 18.2 Å².